The average Bonchev–Trinajstić information content (AvgIpc) is 2.95. The van der Waals surface area contributed by atoms with Gasteiger partial charge in [-0.1, -0.05) is 12.1 Å². The summed E-state index contributed by atoms with van der Waals surface area (Å²) in [6, 6.07) is 11.8. The number of nitrogens with one attached hydrogen (secondary N) is 2. The summed E-state index contributed by atoms with van der Waals surface area (Å²) in [5, 5.41) is 5.25. The van der Waals surface area contributed by atoms with Gasteiger partial charge in [0.05, 0.1) is 26.4 Å². The lowest BCUT2D eigenvalue weighted by Crippen LogP contribution is -2.61. The van der Waals surface area contributed by atoms with Gasteiger partial charge in [-0.25, -0.2) is 9.40 Å². The first-order chi connectivity index (χ1) is 13.7. The maximum atomic E-state index is 14.0. The number of hydrazine groups is 1. The van der Waals surface area contributed by atoms with E-state index in [0.29, 0.717) is 23.2 Å². The van der Waals surface area contributed by atoms with Crippen LogP contribution in [-0.4, -0.2) is 44.5 Å². The van der Waals surface area contributed by atoms with Crippen LogP contribution in [0.2, 0.25) is 0 Å². The largest absolute Gasteiger partial charge is 0.493 e. The number of hydrogen-bond donors (Lipinski definition) is 2. The smallest absolute Gasteiger partial charge is 0.161 e. The molecule has 4 fully saturated rings. The second-order valence-corrected chi connectivity index (χ2v) is 7.17. The molecule has 1 saturated carbocycles. The molecule has 2 aromatic carbocycles. The summed E-state index contributed by atoms with van der Waals surface area (Å²) in [5.41, 5.74) is 4.94. The Kier molecular flexibility index (Phi) is 5.39. The molecule has 150 valence electrons. The molecule has 4 bridgehead atoms. The number of fused-ring (bicyclic) bond motifs is 1. The zero-order valence-corrected chi connectivity index (χ0v) is 16.4. The van der Waals surface area contributed by atoms with Crippen LogP contribution >= 0.6 is 0 Å². The molecule has 28 heavy (non-hydrogen) atoms. The minimum absolute atomic E-state index is 0.279. The highest BCUT2D eigenvalue weighted by molar-refractivity contribution is 5.79. The third kappa shape index (κ3) is 3.30. The van der Waals surface area contributed by atoms with Crippen molar-refractivity contribution in [1.29, 1.82) is 0 Å². The maximum absolute atomic E-state index is 14.0. The molecule has 0 radical (unpaired) electrons. The summed E-state index contributed by atoms with van der Waals surface area (Å²) in [6.07, 6.45) is 4.46. The molecule has 1 aliphatic carbocycles. The summed E-state index contributed by atoms with van der Waals surface area (Å²) in [7, 11) is 4.89. The van der Waals surface area contributed by atoms with E-state index in [1.807, 2.05) is 6.07 Å². The van der Waals surface area contributed by atoms with Gasteiger partial charge in [-0.15, -0.1) is 5.59 Å². The normalized spacial score (nSPS) is 26.6. The van der Waals surface area contributed by atoms with Crippen LogP contribution in [0.15, 0.2) is 36.4 Å². The molecule has 3 saturated heterocycles. The molecule has 0 amide bonds. The lowest BCUT2D eigenvalue weighted by molar-refractivity contribution is -0.0500. The molecule has 4 unspecified atom stereocenters. The first-order valence-electron chi connectivity index (χ1n) is 9.54. The van der Waals surface area contributed by atoms with E-state index in [1.54, 1.807) is 45.5 Å². The van der Waals surface area contributed by atoms with Crippen molar-refractivity contribution in [1.82, 2.24) is 10.6 Å². The first kappa shape index (κ1) is 19.0. The molecular weight excluding hydrogens is 361 g/mol. The molecule has 3 aliphatic heterocycles. The number of benzene rings is 2. The summed E-state index contributed by atoms with van der Waals surface area (Å²) in [4.78, 5) is 5.31. The van der Waals surface area contributed by atoms with Crippen LogP contribution in [0.4, 0.5) is 10.1 Å². The van der Waals surface area contributed by atoms with Crippen LogP contribution < -0.4 is 20.4 Å². The minimum atomic E-state index is -0.279. The standard InChI is InChI=1S/C15H16FNO2.C6H10N2O/c1-17-12-6-4-5-11(16)15(12)10-7-8-13(18-2)14(9-10)19-3;1-2-6-5-3-4(1)8(5)7-9-6/h4-9,17H,1-3H3;4-7H,1-3H2. The van der Waals surface area contributed by atoms with Crippen LogP contribution in [0.25, 0.3) is 11.1 Å². The van der Waals surface area contributed by atoms with Crippen molar-refractivity contribution in [3.05, 3.63) is 42.2 Å². The second-order valence-electron chi connectivity index (χ2n) is 7.17. The second kappa shape index (κ2) is 7.95. The SMILES string of the molecule is C1CC2CC3C1ONN23.CNc1cccc(F)c1-c1ccc(OC)c(OC)c1. The fourth-order valence-electron chi connectivity index (χ4n) is 4.20. The Bertz CT molecular complexity index is 829. The van der Waals surface area contributed by atoms with E-state index in [4.69, 9.17) is 14.3 Å². The molecule has 2 aromatic rings. The molecule has 2 N–H and O–H groups in total. The topological polar surface area (TPSA) is 55.0 Å². The zero-order valence-electron chi connectivity index (χ0n) is 16.4. The maximum Gasteiger partial charge on any atom is 0.161 e. The van der Waals surface area contributed by atoms with Crippen LogP contribution in [0.3, 0.4) is 0 Å². The Hall–Kier alpha value is -2.35. The number of anilines is 1. The molecule has 6 rings (SSSR count). The van der Waals surface area contributed by atoms with Gasteiger partial charge in [0.2, 0.25) is 0 Å². The molecule has 0 aromatic heterocycles. The highest BCUT2D eigenvalue weighted by Crippen LogP contribution is 2.41. The van der Waals surface area contributed by atoms with Crippen molar-refractivity contribution in [3.63, 3.8) is 0 Å². The Morgan fingerprint density at radius 3 is 2.61 bits per heavy atom. The van der Waals surface area contributed by atoms with Gasteiger partial charge < -0.3 is 14.8 Å². The molecule has 3 heterocycles. The lowest BCUT2D eigenvalue weighted by Gasteiger charge is -2.47. The number of piperidine rings is 1. The van der Waals surface area contributed by atoms with Crippen molar-refractivity contribution in [2.45, 2.75) is 37.5 Å². The Labute approximate surface area is 164 Å². The van der Waals surface area contributed by atoms with Gasteiger partial charge in [0, 0.05) is 24.3 Å². The highest BCUT2D eigenvalue weighted by Gasteiger charge is 2.52. The van der Waals surface area contributed by atoms with Gasteiger partial charge in [0.25, 0.3) is 0 Å². The highest BCUT2D eigenvalue weighted by atomic mass is 19.1. The van der Waals surface area contributed by atoms with E-state index in [0.717, 1.165) is 23.3 Å². The van der Waals surface area contributed by atoms with Crippen LogP contribution in [0.1, 0.15) is 19.3 Å². The molecule has 6 nitrogen and oxygen atoms in total. The fraction of sp³-hybridized carbons (Fsp3) is 0.429. The lowest BCUT2D eigenvalue weighted by atomic mass is 9.80. The Morgan fingerprint density at radius 2 is 1.96 bits per heavy atom. The van der Waals surface area contributed by atoms with Gasteiger partial charge in [-0.3, -0.25) is 4.84 Å². The minimum Gasteiger partial charge on any atom is -0.493 e. The predicted octanol–water partition coefficient (Wildman–Crippen LogP) is 3.59. The van der Waals surface area contributed by atoms with E-state index in [1.165, 1.54) is 25.3 Å². The van der Waals surface area contributed by atoms with Gasteiger partial charge in [-0.05, 0) is 49.1 Å². The fourth-order valence-corrected chi connectivity index (χ4v) is 4.20. The van der Waals surface area contributed by atoms with Crippen LogP contribution in [0.5, 0.6) is 11.5 Å². The number of ether oxygens (including phenoxy) is 2. The van der Waals surface area contributed by atoms with E-state index in [2.05, 4.69) is 15.9 Å². The number of hydrogen-bond acceptors (Lipinski definition) is 6. The summed E-state index contributed by atoms with van der Waals surface area (Å²) in [5.74, 6) is 0.915. The van der Waals surface area contributed by atoms with E-state index in [9.17, 15) is 4.39 Å². The van der Waals surface area contributed by atoms with Gasteiger partial charge in [0.15, 0.2) is 11.5 Å². The van der Waals surface area contributed by atoms with Crippen LogP contribution in [-0.2, 0) is 4.84 Å². The Balaban J connectivity index is 0.000000174. The third-order valence-electron chi connectivity index (χ3n) is 5.74. The van der Waals surface area contributed by atoms with Crippen molar-refractivity contribution in [2.75, 3.05) is 26.6 Å². The summed E-state index contributed by atoms with van der Waals surface area (Å²) >= 11 is 0. The monoisotopic (exact) mass is 387 g/mol. The average molecular weight is 387 g/mol. The molecule has 4 atom stereocenters. The van der Waals surface area contributed by atoms with Gasteiger partial charge in [0.1, 0.15) is 5.82 Å². The Morgan fingerprint density at radius 1 is 1.14 bits per heavy atom. The van der Waals surface area contributed by atoms with E-state index >= 15 is 0 Å². The number of rotatable bonds is 4. The van der Waals surface area contributed by atoms with E-state index < -0.39 is 0 Å². The van der Waals surface area contributed by atoms with Crippen LogP contribution in [0, 0.1) is 5.82 Å². The van der Waals surface area contributed by atoms with Gasteiger partial charge >= 0.3 is 0 Å². The third-order valence-corrected chi connectivity index (χ3v) is 5.74. The summed E-state index contributed by atoms with van der Waals surface area (Å²) < 4.78 is 24.5. The molecule has 7 heteroatoms. The zero-order chi connectivity index (χ0) is 19.7. The first-order valence-corrected chi connectivity index (χ1v) is 9.54. The molecular formula is C21H26FN3O3. The molecule has 0 spiro atoms. The predicted molar refractivity (Wildman–Crippen MR) is 106 cm³/mol. The van der Waals surface area contributed by atoms with Crippen molar-refractivity contribution in [3.8, 4) is 22.6 Å². The van der Waals surface area contributed by atoms with Crippen molar-refractivity contribution >= 4 is 5.69 Å². The van der Waals surface area contributed by atoms with E-state index in [-0.39, 0.29) is 5.82 Å². The number of methoxy groups -OCH3 is 2. The van der Waals surface area contributed by atoms with Gasteiger partial charge in [-0.2, -0.15) is 0 Å². The number of nitrogens with zero attached hydrogens (tertiary/aromatic N) is 1. The summed E-state index contributed by atoms with van der Waals surface area (Å²) in [6.45, 7) is 0. The number of halogens is 1. The molecule has 4 aliphatic rings. The van der Waals surface area contributed by atoms with Crippen molar-refractivity contribution in [2.24, 2.45) is 0 Å². The van der Waals surface area contributed by atoms with Crippen molar-refractivity contribution < 1.29 is 18.7 Å². The quantitative estimate of drug-likeness (QED) is 0.836.